The summed E-state index contributed by atoms with van der Waals surface area (Å²) in [5, 5.41) is 0. The van der Waals surface area contributed by atoms with E-state index in [9.17, 15) is 3.89 Å². The maximum atomic E-state index is 12.4. The number of hydrogen-bond donors (Lipinski definition) is 0. The Bertz CT molecular complexity index is 306. The first-order chi connectivity index (χ1) is 6.27. The molecule has 0 bridgehead atoms. The summed E-state index contributed by atoms with van der Waals surface area (Å²) >= 11 is 3.43. The molecule has 1 aromatic rings. The summed E-state index contributed by atoms with van der Waals surface area (Å²) < 4.78 is 14.7. The molecule has 0 N–H and O–H groups in total. The first-order valence-electron chi connectivity index (χ1n) is 3.53. The number of halogens is 2. The number of anilines is 1. The van der Waals surface area contributed by atoms with E-state index < -0.39 is 0 Å². The quantitative estimate of drug-likeness (QED) is 0.605. The average Bonchev–Trinajstić information content (AvgIpc) is 2.16. The van der Waals surface area contributed by atoms with Crippen LogP contribution in [0.5, 0.6) is 0 Å². The maximum Gasteiger partial charge on any atom is 0.166 e. The van der Waals surface area contributed by atoms with Gasteiger partial charge in [0.25, 0.3) is 0 Å². The van der Waals surface area contributed by atoms with Gasteiger partial charge in [-0.2, -0.15) is 0 Å². The van der Waals surface area contributed by atoms with Crippen LogP contribution in [0, 0.1) is 12.3 Å². The highest BCUT2D eigenvalue weighted by Gasteiger charge is 2.04. The highest BCUT2D eigenvalue weighted by molar-refractivity contribution is 9.10. The van der Waals surface area contributed by atoms with Gasteiger partial charge in [0.1, 0.15) is 0 Å². The van der Waals surface area contributed by atoms with Crippen LogP contribution >= 0.6 is 28.3 Å². The third-order valence-electron chi connectivity index (χ3n) is 1.43. The lowest BCUT2D eigenvalue weighted by Gasteiger charge is -2.14. The summed E-state index contributed by atoms with van der Waals surface area (Å²) in [7, 11) is 0. The zero-order chi connectivity index (χ0) is 9.68. The molecule has 1 aromatic carbocycles. The smallest absolute Gasteiger partial charge is 0.166 e. The van der Waals surface area contributed by atoms with Crippen molar-refractivity contribution in [2.75, 3.05) is 10.8 Å². The molecule has 0 amide bonds. The van der Waals surface area contributed by atoms with E-state index in [1.807, 2.05) is 12.1 Å². The van der Waals surface area contributed by atoms with Crippen molar-refractivity contribution in [2.45, 2.75) is 0 Å². The van der Waals surface area contributed by atoms with Crippen molar-refractivity contribution in [1.29, 1.82) is 0 Å². The van der Waals surface area contributed by atoms with E-state index in [1.54, 1.807) is 12.1 Å². The van der Waals surface area contributed by atoms with Gasteiger partial charge >= 0.3 is 0 Å². The second kappa shape index (κ2) is 5.15. The molecular formula is C9H7BrFNS. The fraction of sp³-hybridized carbons (Fsp3) is 0.111. The van der Waals surface area contributed by atoms with E-state index in [-0.39, 0.29) is 18.9 Å². The van der Waals surface area contributed by atoms with Gasteiger partial charge in [0.2, 0.25) is 0 Å². The molecule has 1 nitrogen and oxygen atoms in total. The number of hydrogen-bond acceptors (Lipinski definition) is 2. The molecule has 13 heavy (non-hydrogen) atoms. The van der Waals surface area contributed by atoms with Crippen molar-refractivity contribution in [3.05, 3.63) is 28.7 Å². The molecule has 0 heterocycles. The summed E-state index contributed by atoms with van der Waals surface area (Å²) in [4.78, 5) is 0. The molecule has 1 rings (SSSR count). The van der Waals surface area contributed by atoms with Crippen LogP contribution in [0.15, 0.2) is 28.7 Å². The Morgan fingerprint density at radius 1 is 1.46 bits per heavy atom. The molecule has 0 unspecified atom stereocenters. The van der Waals surface area contributed by atoms with Crippen LogP contribution in [0.4, 0.5) is 9.57 Å². The molecule has 0 saturated heterocycles. The fourth-order valence-electron chi connectivity index (χ4n) is 0.846. The number of rotatable bonds is 3. The van der Waals surface area contributed by atoms with Crippen molar-refractivity contribution >= 4 is 34.0 Å². The molecule has 0 aromatic heterocycles. The van der Waals surface area contributed by atoms with E-state index in [2.05, 4.69) is 21.9 Å². The van der Waals surface area contributed by atoms with Crippen LogP contribution in [-0.4, -0.2) is 6.54 Å². The molecule has 0 atom stereocenters. The number of nitrogens with zero attached hydrogens (tertiary/aromatic N) is 1. The lowest BCUT2D eigenvalue weighted by atomic mass is 10.3. The van der Waals surface area contributed by atoms with Crippen molar-refractivity contribution in [1.82, 2.24) is 0 Å². The van der Waals surface area contributed by atoms with Gasteiger partial charge in [-0.15, -0.1) is 10.3 Å². The number of terminal acetylenes is 1. The van der Waals surface area contributed by atoms with Gasteiger partial charge in [-0.1, -0.05) is 21.9 Å². The van der Waals surface area contributed by atoms with Crippen LogP contribution < -0.4 is 4.31 Å². The summed E-state index contributed by atoms with van der Waals surface area (Å²) in [6.07, 6.45) is 5.09. The zero-order valence-electron chi connectivity index (χ0n) is 6.71. The van der Waals surface area contributed by atoms with Gasteiger partial charge in [-0.05, 0) is 24.3 Å². The van der Waals surface area contributed by atoms with Crippen molar-refractivity contribution in [3.8, 4) is 12.3 Å². The fourth-order valence-corrected chi connectivity index (χ4v) is 1.43. The Kier molecular flexibility index (Phi) is 4.13. The molecular weight excluding hydrogens is 253 g/mol. The van der Waals surface area contributed by atoms with E-state index in [1.165, 1.54) is 4.31 Å². The third kappa shape index (κ3) is 2.94. The summed E-state index contributed by atoms with van der Waals surface area (Å²) in [6, 6.07) is 7.28. The van der Waals surface area contributed by atoms with Gasteiger partial charge in [-0.3, -0.25) is 4.31 Å². The topological polar surface area (TPSA) is 3.24 Å². The van der Waals surface area contributed by atoms with E-state index in [0.29, 0.717) is 0 Å². The summed E-state index contributed by atoms with van der Waals surface area (Å²) in [5.74, 6) is 2.39. The maximum absolute atomic E-state index is 12.4. The molecule has 68 valence electrons. The SMILES string of the molecule is C#CCN(SF)c1ccc(Br)cc1. The van der Waals surface area contributed by atoms with Crippen LogP contribution in [0.2, 0.25) is 0 Å². The zero-order valence-corrected chi connectivity index (χ0v) is 9.11. The van der Waals surface area contributed by atoms with Gasteiger partial charge in [-0.25, -0.2) is 0 Å². The summed E-state index contributed by atoms with van der Waals surface area (Å²) in [6.45, 7) is 0.253. The van der Waals surface area contributed by atoms with Crippen LogP contribution in [0.3, 0.4) is 0 Å². The van der Waals surface area contributed by atoms with Gasteiger partial charge in [0, 0.05) is 4.47 Å². The largest absolute Gasteiger partial charge is 0.277 e. The lowest BCUT2D eigenvalue weighted by molar-refractivity contribution is 0.925. The minimum atomic E-state index is 0.129. The third-order valence-corrected chi connectivity index (χ3v) is 2.47. The Balaban J connectivity index is 2.80. The first-order valence-corrected chi connectivity index (χ1v) is 5.00. The molecule has 0 aliphatic rings. The van der Waals surface area contributed by atoms with Gasteiger partial charge in [0.15, 0.2) is 12.3 Å². The molecule has 0 fully saturated rings. The van der Waals surface area contributed by atoms with Crippen LogP contribution in [-0.2, 0) is 0 Å². The van der Waals surface area contributed by atoms with Crippen molar-refractivity contribution < 1.29 is 3.89 Å². The van der Waals surface area contributed by atoms with Crippen molar-refractivity contribution in [3.63, 3.8) is 0 Å². The predicted molar refractivity (Wildman–Crippen MR) is 59.0 cm³/mol. The predicted octanol–water partition coefficient (Wildman–Crippen LogP) is 3.42. The van der Waals surface area contributed by atoms with E-state index >= 15 is 0 Å². The van der Waals surface area contributed by atoms with Crippen LogP contribution in [0.1, 0.15) is 0 Å². The lowest BCUT2D eigenvalue weighted by Crippen LogP contribution is -2.12. The molecule has 0 radical (unpaired) electrons. The molecule has 0 aliphatic heterocycles. The van der Waals surface area contributed by atoms with E-state index in [0.717, 1.165) is 10.2 Å². The second-order valence-corrected chi connectivity index (χ2v) is 3.78. The normalized spacial score (nSPS) is 9.31. The van der Waals surface area contributed by atoms with Gasteiger partial charge in [0.05, 0.1) is 12.2 Å². The molecule has 4 heteroatoms. The first kappa shape index (κ1) is 10.4. The molecule has 0 aliphatic carbocycles. The highest BCUT2D eigenvalue weighted by Crippen LogP contribution is 2.24. The average molecular weight is 260 g/mol. The standard InChI is InChI=1S/C9H7BrFNS/c1-2-7-12(13-11)9-5-3-8(10)4-6-9/h1,3-6H,7H2. The minimum absolute atomic E-state index is 0.129. The van der Waals surface area contributed by atoms with E-state index in [4.69, 9.17) is 6.42 Å². The molecule has 0 saturated carbocycles. The Morgan fingerprint density at radius 2 is 2.08 bits per heavy atom. The monoisotopic (exact) mass is 259 g/mol. The van der Waals surface area contributed by atoms with Gasteiger partial charge < -0.3 is 0 Å². The number of benzene rings is 1. The Morgan fingerprint density at radius 3 is 2.54 bits per heavy atom. The van der Waals surface area contributed by atoms with Crippen molar-refractivity contribution in [2.24, 2.45) is 0 Å². The Labute approximate surface area is 89.9 Å². The highest BCUT2D eigenvalue weighted by atomic mass is 79.9. The minimum Gasteiger partial charge on any atom is -0.277 e. The molecule has 0 spiro atoms. The Hall–Kier alpha value is -0.660. The van der Waals surface area contributed by atoms with Crippen LogP contribution in [0.25, 0.3) is 0 Å². The second-order valence-electron chi connectivity index (χ2n) is 2.29. The summed E-state index contributed by atoms with van der Waals surface area (Å²) in [5.41, 5.74) is 0.758.